The molecule has 1 aromatic carbocycles. The molecule has 1 saturated carbocycles. The molecule has 0 bridgehead atoms. The summed E-state index contributed by atoms with van der Waals surface area (Å²) >= 11 is 0. The van der Waals surface area contributed by atoms with Crippen LogP contribution in [0, 0.1) is 5.82 Å². The summed E-state index contributed by atoms with van der Waals surface area (Å²) < 4.78 is 53.3. The number of fused-ring (bicyclic) bond motifs is 1. The van der Waals surface area contributed by atoms with Crippen molar-refractivity contribution in [3.05, 3.63) is 42.0 Å². The van der Waals surface area contributed by atoms with Crippen LogP contribution in [0.4, 0.5) is 23.4 Å². The number of phenols is 1. The summed E-state index contributed by atoms with van der Waals surface area (Å²) in [5, 5.41) is 32.3. The Balaban J connectivity index is 1.81. The predicted octanol–water partition coefficient (Wildman–Crippen LogP) is 4.27. The second-order valence-electron chi connectivity index (χ2n) is 7.27. The number of anilines is 1. The molecule has 2 heterocycles. The molecule has 2 aromatic heterocycles. The number of benzene rings is 1. The van der Waals surface area contributed by atoms with E-state index in [-0.39, 0.29) is 11.7 Å². The molecule has 1 aliphatic rings. The fourth-order valence-corrected chi connectivity index (χ4v) is 3.73. The summed E-state index contributed by atoms with van der Waals surface area (Å²) in [7, 11) is 0. The number of aliphatic hydroxyl groups is 1. The van der Waals surface area contributed by atoms with Gasteiger partial charge in [0.1, 0.15) is 17.3 Å². The van der Waals surface area contributed by atoms with Crippen LogP contribution in [0.15, 0.2) is 30.6 Å². The van der Waals surface area contributed by atoms with Gasteiger partial charge in [0.05, 0.1) is 23.3 Å². The molecule has 2 atom stereocenters. The Hall–Kier alpha value is -3.01. The number of pyridine rings is 1. The Labute approximate surface area is 168 Å². The van der Waals surface area contributed by atoms with Gasteiger partial charge >= 0.3 is 6.18 Å². The number of rotatable bonds is 3. The number of aliphatic hydroxyl groups excluding tert-OH is 1. The molecule has 1 aliphatic carbocycles. The SMILES string of the molecule is Oc1cc(C(F)(F)F)cc(F)c1-c1nnc(N[C@@H]2CCCC[C@H]2O)c2cnccc12. The van der Waals surface area contributed by atoms with Gasteiger partial charge in [-0.2, -0.15) is 13.2 Å². The Kier molecular flexibility index (Phi) is 5.19. The first kappa shape index (κ1) is 20.3. The summed E-state index contributed by atoms with van der Waals surface area (Å²) in [5.41, 5.74) is -1.88. The minimum absolute atomic E-state index is 0.106. The van der Waals surface area contributed by atoms with Crippen molar-refractivity contribution in [1.29, 1.82) is 0 Å². The van der Waals surface area contributed by atoms with E-state index in [2.05, 4.69) is 20.5 Å². The van der Waals surface area contributed by atoms with Crippen LogP contribution in [-0.4, -0.2) is 37.5 Å². The van der Waals surface area contributed by atoms with Crippen LogP contribution < -0.4 is 5.32 Å². The number of alkyl halides is 3. The summed E-state index contributed by atoms with van der Waals surface area (Å²) in [6, 6.07) is 2.04. The minimum atomic E-state index is -4.80. The number of halogens is 4. The van der Waals surface area contributed by atoms with Gasteiger partial charge in [-0.05, 0) is 31.0 Å². The molecule has 0 amide bonds. The number of hydrogen-bond donors (Lipinski definition) is 3. The van der Waals surface area contributed by atoms with Crippen molar-refractivity contribution < 1.29 is 27.8 Å². The molecule has 3 N–H and O–H groups in total. The largest absolute Gasteiger partial charge is 0.507 e. The summed E-state index contributed by atoms with van der Waals surface area (Å²) in [6.45, 7) is 0. The van der Waals surface area contributed by atoms with Gasteiger partial charge in [0.2, 0.25) is 0 Å². The zero-order chi connectivity index (χ0) is 21.5. The number of hydrogen-bond acceptors (Lipinski definition) is 6. The third-order valence-corrected chi connectivity index (χ3v) is 5.27. The first-order valence-electron chi connectivity index (χ1n) is 9.41. The van der Waals surface area contributed by atoms with Crippen LogP contribution in [0.1, 0.15) is 31.2 Å². The number of phenolic OH excluding ortho intramolecular Hbond substituents is 1. The lowest BCUT2D eigenvalue weighted by Gasteiger charge is -2.29. The monoisotopic (exact) mass is 422 g/mol. The molecule has 0 unspecified atom stereocenters. The zero-order valence-electron chi connectivity index (χ0n) is 15.6. The molecule has 0 radical (unpaired) electrons. The van der Waals surface area contributed by atoms with Gasteiger partial charge in [-0.1, -0.05) is 12.8 Å². The van der Waals surface area contributed by atoms with Gasteiger partial charge in [0, 0.05) is 23.2 Å². The molecule has 0 saturated heterocycles. The molecule has 10 heteroatoms. The highest BCUT2D eigenvalue weighted by Gasteiger charge is 2.33. The van der Waals surface area contributed by atoms with Crippen LogP contribution in [-0.2, 0) is 6.18 Å². The first-order chi connectivity index (χ1) is 14.3. The van der Waals surface area contributed by atoms with Crippen molar-refractivity contribution >= 4 is 16.6 Å². The molecule has 0 spiro atoms. The fourth-order valence-electron chi connectivity index (χ4n) is 3.73. The maximum Gasteiger partial charge on any atom is 0.416 e. The molecule has 30 heavy (non-hydrogen) atoms. The fraction of sp³-hybridized carbons (Fsp3) is 0.350. The maximum absolute atomic E-state index is 14.6. The molecule has 158 valence electrons. The van der Waals surface area contributed by atoms with Gasteiger partial charge < -0.3 is 15.5 Å². The zero-order valence-corrected chi connectivity index (χ0v) is 15.6. The lowest BCUT2D eigenvalue weighted by molar-refractivity contribution is -0.137. The standard InChI is InChI=1S/C20H18F4N4O2/c21-13-7-10(20(22,23)24)8-16(30)17(13)18-11-5-6-25-9-12(11)19(28-27-18)26-14-3-1-2-4-15(14)29/h5-9,14-15,29-30H,1-4H2,(H,26,28)/t14-,15-/m1/s1. The quantitative estimate of drug-likeness (QED) is 0.546. The summed E-state index contributed by atoms with van der Waals surface area (Å²) in [4.78, 5) is 4.04. The van der Waals surface area contributed by atoms with E-state index >= 15 is 0 Å². The van der Waals surface area contributed by atoms with Crippen molar-refractivity contribution in [1.82, 2.24) is 15.2 Å². The molecule has 1 fully saturated rings. The third-order valence-electron chi connectivity index (χ3n) is 5.27. The van der Waals surface area contributed by atoms with E-state index in [9.17, 15) is 27.8 Å². The van der Waals surface area contributed by atoms with Gasteiger partial charge in [-0.3, -0.25) is 4.98 Å². The number of nitrogens with zero attached hydrogens (tertiary/aromatic N) is 3. The maximum atomic E-state index is 14.6. The average molecular weight is 422 g/mol. The smallest absolute Gasteiger partial charge is 0.416 e. The normalized spacial score (nSPS) is 19.8. The molecule has 6 nitrogen and oxygen atoms in total. The van der Waals surface area contributed by atoms with Crippen LogP contribution >= 0.6 is 0 Å². The van der Waals surface area contributed by atoms with Crippen molar-refractivity contribution in [2.75, 3.05) is 5.32 Å². The first-order valence-corrected chi connectivity index (χ1v) is 9.41. The number of nitrogens with one attached hydrogen (secondary N) is 1. The highest BCUT2D eigenvalue weighted by atomic mass is 19.4. The number of aromatic nitrogens is 3. The molecule has 3 aromatic rings. The Morgan fingerprint density at radius 1 is 1.07 bits per heavy atom. The van der Waals surface area contributed by atoms with Gasteiger partial charge in [-0.15, -0.1) is 10.2 Å². The Bertz CT molecular complexity index is 1070. The predicted molar refractivity (Wildman–Crippen MR) is 101 cm³/mol. The van der Waals surface area contributed by atoms with E-state index in [1.165, 1.54) is 18.5 Å². The third kappa shape index (κ3) is 3.74. The minimum Gasteiger partial charge on any atom is -0.507 e. The van der Waals surface area contributed by atoms with Gasteiger partial charge in [0.25, 0.3) is 0 Å². The highest BCUT2D eigenvalue weighted by Crippen LogP contribution is 2.40. The van der Waals surface area contributed by atoms with E-state index in [0.29, 0.717) is 35.1 Å². The van der Waals surface area contributed by atoms with Crippen LogP contribution in [0.3, 0.4) is 0 Å². The topological polar surface area (TPSA) is 91.2 Å². The average Bonchev–Trinajstić information content (AvgIpc) is 2.70. The molecular formula is C20H18F4N4O2. The second-order valence-corrected chi connectivity index (χ2v) is 7.27. The van der Waals surface area contributed by atoms with Crippen LogP contribution in [0.25, 0.3) is 22.0 Å². The van der Waals surface area contributed by atoms with E-state index in [1.54, 1.807) is 0 Å². The van der Waals surface area contributed by atoms with Crippen molar-refractivity contribution in [2.45, 2.75) is 44.0 Å². The lowest BCUT2D eigenvalue weighted by atomic mass is 9.92. The van der Waals surface area contributed by atoms with E-state index in [0.717, 1.165) is 19.3 Å². The molecular weight excluding hydrogens is 404 g/mol. The Morgan fingerprint density at radius 3 is 2.53 bits per heavy atom. The van der Waals surface area contributed by atoms with Crippen molar-refractivity contribution in [3.8, 4) is 17.0 Å². The van der Waals surface area contributed by atoms with Gasteiger partial charge in [0.15, 0.2) is 5.82 Å². The number of aromatic hydroxyl groups is 1. The van der Waals surface area contributed by atoms with E-state index in [1.807, 2.05) is 0 Å². The van der Waals surface area contributed by atoms with E-state index < -0.39 is 35.0 Å². The summed E-state index contributed by atoms with van der Waals surface area (Å²) in [6.07, 6.45) is 0.798. The Morgan fingerprint density at radius 2 is 1.83 bits per heavy atom. The lowest BCUT2D eigenvalue weighted by Crippen LogP contribution is -2.36. The van der Waals surface area contributed by atoms with Crippen LogP contribution in [0.2, 0.25) is 0 Å². The van der Waals surface area contributed by atoms with E-state index in [4.69, 9.17) is 0 Å². The van der Waals surface area contributed by atoms with Gasteiger partial charge in [-0.25, -0.2) is 4.39 Å². The molecule has 4 rings (SSSR count). The second kappa shape index (κ2) is 7.67. The van der Waals surface area contributed by atoms with Crippen LogP contribution in [0.5, 0.6) is 5.75 Å². The van der Waals surface area contributed by atoms with Crippen molar-refractivity contribution in [3.63, 3.8) is 0 Å². The highest BCUT2D eigenvalue weighted by molar-refractivity contribution is 6.00. The summed E-state index contributed by atoms with van der Waals surface area (Å²) in [5.74, 6) is -1.84. The molecule has 0 aliphatic heterocycles. The van der Waals surface area contributed by atoms with Crippen molar-refractivity contribution in [2.24, 2.45) is 0 Å².